The van der Waals surface area contributed by atoms with Crippen LogP contribution in [0.4, 0.5) is 4.39 Å². The Morgan fingerprint density at radius 1 is 1.52 bits per heavy atom. The van der Waals surface area contributed by atoms with Crippen molar-refractivity contribution in [3.05, 3.63) is 30.1 Å². The topological polar surface area (TPSA) is 75.8 Å². The minimum atomic E-state index is -0.984. The highest BCUT2D eigenvalue weighted by atomic mass is 19.1. The molecule has 2 rings (SSSR count). The quantitative estimate of drug-likeness (QED) is 0.818. The number of piperidine rings is 1. The second-order valence-electron chi connectivity index (χ2n) is 5.57. The van der Waals surface area contributed by atoms with Crippen molar-refractivity contribution in [2.45, 2.75) is 24.9 Å². The van der Waals surface area contributed by atoms with Crippen molar-refractivity contribution in [1.29, 1.82) is 0 Å². The fraction of sp³-hybridized carbons (Fsp3) is 0.533. The molecule has 1 fully saturated rings. The largest absolute Gasteiger partial charge is 0.490 e. The van der Waals surface area contributed by atoms with Crippen molar-refractivity contribution >= 4 is 5.91 Å². The summed E-state index contributed by atoms with van der Waals surface area (Å²) < 4.78 is 18.6. The molecule has 0 spiro atoms. The number of hydrogen-bond donors (Lipinski definition) is 2. The molecule has 1 aromatic rings. The van der Waals surface area contributed by atoms with E-state index in [9.17, 15) is 14.3 Å². The molecule has 1 heterocycles. The van der Waals surface area contributed by atoms with Crippen LogP contribution < -0.4 is 10.5 Å². The molecule has 3 N–H and O–H groups in total. The Morgan fingerprint density at radius 3 is 3.05 bits per heavy atom. The lowest BCUT2D eigenvalue weighted by molar-refractivity contribution is -0.119. The van der Waals surface area contributed by atoms with Crippen molar-refractivity contribution < 1.29 is 19.0 Å². The number of carbonyl (C=O) groups is 1. The standard InChI is InChI=1S/C15H21FN2O3/c16-12-3-1-4-13(9-12)21-11-15(20)6-2-7-18(10-15)8-5-14(17)19/h1,3-4,9,20H,2,5-8,10-11H2,(H2,17,19)/t15-/m1/s1. The molecular weight excluding hydrogens is 275 g/mol. The fourth-order valence-electron chi connectivity index (χ4n) is 2.56. The molecule has 0 aliphatic carbocycles. The third-order valence-electron chi connectivity index (χ3n) is 3.61. The molecule has 1 amide bonds. The number of ether oxygens (including phenoxy) is 1. The van der Waals surface area contributed by atoms with Gasteiger partial charge in [0.15, 0.2) is 0 Å². The highest BCUT2D eigenvalue weighted by Gasteiger charge is 2.34. The Bertz CT molecular complexity index is 498. The van der Waals surface area contributed by atoms with Crippen molar-refractivity contribution in [3.8, 4) is 5.75 Å². The SMILES string of the molecule is NC(=O)CCN1CCC[C@](O)(COc2cccc(F)c2)C1. The number of amides is 1. The molecule has 0 bridgehead atoms. The summed E-state index contributed by atoms with van der Waals surface area (Å²) >= 11 is 0. The van der Waals surface area contributed by atoms with Gasteiger partial charge < -0.3 is 15.6 Å². The number of benzene rings is 1. The van der Waals surface area contributed by atoms with E-state index < -0.39 is 5.60 Å². The zero-order chi connectivity index (χ0) is 15.3. The third kappa shape index (κ3) is 4.99. The van der Waals surface area contributed by atoms with E-state index in [1.807, 2.05) is 4.90 Å². The number of β-amino-alcohol motifs (C(OH)–C–C–N with tert-alkyl or cyclic N) is 1. The van der Waals surface area contributed by atoms with E-state index in [0.29, 0.717) is 25.3 Å². The summed E-state index contributed by atoms with van der Waals surface area (Å²) in [5, 5.41) is 10.6. The van der Waals surface area contributed by atoms with Crippen LogP contribution in [0, 0.1) is 5.82 Å². The number of aliphatic hydroxyl groups is 1. The normalized spacial score (nSPS) is 23.0. The number of halogens is 1. The Labute approximate surface area is 123 Å². The summed E-state index contributed by atoms with van der Waals surface area (Å²) in [5.41, 5.74) is 4.15. The maximum absolute atomic E-state index is 13.1. The molecular formula is C15H21FN2O3. The Kier molecular flexibility index (Phi) is 5.14. The first-order valence-electron chi connectivity index (χ1n) is 7.08. The lowest BCUT2D eigenvalue weighted by Crippen LogP contribution is -2.52. The molecule has 5 nitrogen and oxygen atoms in total. The molecule has 6 heteroatoms. The molecule has 0 saturated carbocycles. The highest BCUT2D eigenvalue weighted by Crippen LogP contribution is 2.23. The van der Waals surface area contributed by atoms with Crippen molar-refractivity contribution in [1.82, 2.24) is 4.90 Å². The van der Waals surface area contributed by atoms with Gasteiger partial charge in [0.05, 0.1) is 0 Å². The summed E-state index contributed by atoms with van der Waals surface area (Å²) in [7, 11) is 0. The zero-order valence-corrected chi connectivity index (χ0v) is 11.9. The van der Waals surface area contributed by atoms with E-state index in [2.05, 4.69) is 0 Å². The Morgan fingerprint density at radius 2 is 2.33 bits per heavy atom. The highest BCUT2D eigenvalue weighted by molar-refractivity contribution is 5.73. The monoisotopic (exact) mass is 296 g/mol. The molecule has 1 aromatic carbocycles. The summed E-state index contributed by atoms with van der Waals surface area (Å²) in [6, 6.07) is 5.85. The number of carbonyl (C=O) groups excluding carboxylic acids is 1. The number of nitrogens with two attached hydrogens (primary N) is 1. The van der Waals surface area contributed by atoms with E-state index >= 15 is 0 Å². The number of hydrogen-bond acceptors (Lipinski definition) is 4. The van der Waals surface area contributed by atoms with E-state index in [1.165, 1.54) is 12.1 Å². The molecule has 1 aliphatic heterocycles. The molecule has 0 unspecified atom stereocenters. The molecule has 0 radical (unpaired) electrons. The van der Waals surface area contributed by atoms with Crippen LogP contribution >= 0.6 is 0 Å². The average molecular weight is 296 g/mol. The van der Waals surface area contributed by atoms with Crippen LogP contribution in [0.2, 0.25) is 0 Å². The molecule has 21 heavy (non-hydrogen) atoms. The van der Waals surface area contributed by atoms with Crippen molar-refractivity contribution in [3.63, 3.8) is 0 Å². The summed E-state index contributed by atoms with van der Waals surface area (Å²) in [6.45, 7) is 1.90. The molecule has 0 aromatic heterocycles. The number of rotatable bonds is 6. The van der Waals surface area contributed by atoms with E-state index in [0.717, 1.165) is 13.0 Å². The number of nitrogens with zero attached hydrogens (tertiary/aromatic N) is 1. The van der Waals surface area contributed by atoms with Gasteiger partial charge in [-0.15, -0.1) is 0 Å². The average Bonchev–Trinajstić information content (AvgIpc) is 2.43. The summed E-state index contributed by atoms with van der Waals surface area (Å²) in [5.74, 6) is -0.316. The van der Waals surface area contributed by atoms with Crippen LogP contribution in [-0.4, -0.2) is 47.8 Å². The van der Waals surface area contributed by atoms with Gasteiger partial charge in [-0.1, -0.05) is 6.07 Å². The van der Waals surface area contributed by atoms with Crippen molar-refractivity contribution in [2.75, 3.05) is 26.2 Å². The second-order valence-corrected chi connectivity index (χ2v) is 5.57. The first kappa shape index (κ1) is 15.7. The van der Waals surface area contributed by atoms with Gasteiger partial charge in [0.2, 0.25) is 5.91 Å². The van der Waals surface area contributed by atoms with Crippen LogP contribution in [0.3, 0.4) is 0 Å². The minimum absolute atomic E-state index is 0.101. The zero-order valence-electron chi connectivity index (χ0n) is 11.9. The van der Waals surface area contributed by atoms with Gasteiger partial charge in [0.1, 0.15) is 23.8 Å². The van der Waals surface area contributed by atoms with Gasteiger partial charge in [0.25, 0.3) is 0 Å². The van der Waals surface area contributed by atoms with Crippen molar-refractivity contribution in [2.24, 2.45) is 5.73 Å². The molecule has 116 valence electrons. The van der Waals surface area contributed by atoms with Crippen LogP contribution in [0.5, 0.6) is 5.75 Å². The van der Waals surface area contributed by atoms with E-state index in [1.54, 1.807) is 12.1 Å². The Balaban J connectivity index is 1.87. The van der Waals surface area contributed by atoms with Crippen LogP contribution in [0.25, 0.3) is 0 Å². The smallest absolute Gasteiger partial charge is 0.218 e. The lowest BCUT2D eigenvalue weighted by atomic mass is 9.93. The molecule has 1 saturated heterocycles. The Hall–Kier alpha value is -1.66. The van der Waals surface area contributed by atoms with Gasteiger partial charge in [-0.05, 0) is 31.5 Å². The lowest BCUT2D eigenvalue weighted by Gasteiger charge is -2.38. The summed E-state index contributed by atoms with van der Waals surface area (Å²) in [6.07, 6.45) is 1.72. The van der Waals surface area contributed by atoms with E-state index in [4.69, 9.17) is 10.5 Å². The summed E-state index contributed by atoms with van der Waals surface area (Å²) in [4.78, 5) is 12.8. The molecule has 1 atom stereocenters. The number of likely N-dealkylation sites (tertiary alicyclic amines) is 1. The van der Waals surface area contributed by atoms with Crippen LogP contribution in [-0.2, 0) is 4.79 Å². The van der Waals surface area contributed by atoms with Gasteiger partial charge in [-0.2, -0.15) is 0 Å². The van der Waals surface area contributed by atoms with Crippen LogP contribution in [0.15, 0.2) is 24.3 Å². The van der Waals surface area contributed by atoms with Gasteiger partial charge in [0, 0.05) is 25.6 Å². The third-order valence-corrected chi connectivity index (χ3v) is 3.61. The maximum Gasteiger partial charge on any atom is 0.218 e. The van der Waals surface area contributed by atoms with Gasteiger partial charge in [-0.3, -0.25) is 9.69 Å². The van der Waals surface area contributed by atoms with Gasteiger partial charge >= 0.3 is 0 Å². The van der Waals surface area contributed by atoms with Crippen LogP contribution in [0.1, 0.15) is 19.3 Å². The predicted octanol–water partition coefficient (Wildman–Crippen LogP) is 0.907. The first-order chi connectivity index (χ1) is 9.97. The van der Waals surface area contributed by atoms with Gasteiger partial charge in [-0.25, -0.2) is 4.39 Å². The predicted molar refractivity (Wildman–Crippen MR) is 76.3 cm³/mol. The number of primary amides is 1. The minimum Gasteiger partial charge on any atom is -0.490 e. The maximum atomic E-state index is 13.1. The fourth-order valence-corrected chi connectivity index (χ4v) is 2.56. The second kappa shape index (κ2) is 6.87. The van der Waals surface area contributed by atoms with E-state index in [-0.39, 0.29) is 24.8 Å². The molecule has 1 aliphatic rings. The first-order valence-corrected chi connectivity index (χ1v) is 7.08.